The summed E-state index contributed by atoms with van der Waals surface area (Å²) < 4.78 is 2.20. The Morgan fingerprint density at radius 1 is 0.535 bits per heavy atom. The molecule has 204 valence electrons. The van der Waals surface area contributed by atoms with Crippen molar-refractivity contribution >= 4 is 43.4 Å². The molecule has 8 aromatic rings. The van der Waals surface area contributed by atoms with Crippen LogP contribution < -0.4 is 0 Å². The summed E-state index contributed by atoms with van der Waals surface area (Å²) >= 11 is 0. The standard InChI is InChI=1S/C41H30N2/c1-41(2)34-24-33(25-13-12-14-26(23-25)40-42-35-21-10-11-22-36(35)43(40)3)29-17-5-7-18-30(29)37(34)38-31-19-8-4-15-27(31)28-16-6-9-20-32(28)39(38)41/h4-24H,1-3H3. The highest BCUT2D eigenvalue weighted by atomic mass is 15.1. The molecule has 0 unspecified atom stereocenters. The Hall–Kier alpha value is -5.21. The molecule has 1 heterocycles. The molecule has 0 saturated carbocycles. The van der Waals surface area contributed by atoms with Crippen molar-refractivity contribution in [2.24, 2.45) is 7.05 Å². The summed E-state index contributed by atoms with van der Waals surface area (Å²) in [7, 11) is 2.11. The minimum Gasteiger partial charge on any atom is -0.327 e. The van der Waals surface area contributed by atoms with Crippen LogP contribution in [0.1, 0.15) is 25.0 Å². The Morgan fingerprint density at radius 3 is 1.86 bits per heavy atom. The number of aromatic nitrogens is 2. The lowest BCUT2D eigenvalue weighted by Gasteiger charge is -2.25. The Balaban J connectivity index is 1.35. The quantitative estimate of drug-likeness (QED) is 0.196. The molecule has 0 saturated heterocycles. The monoisotopic (exact) mass is 550 g/mol. The third kappa shape index (κ3) is 3.26. The molecular formula is C41H30N2. The van der Waals surface area contributed by atoms with Gasteiger partial charge in [0.15, 0.2) is 0 Å². The molecule has 0 spiro atoms. The van der Waals surface area contributed by atoms with E-state index in [9.17, 15) is 0 Å². The summed E-state index contributed by atoms with van der Waals surface area (Å²) in [6, 6.07) is 46.6. The van der Waals surface area contributed by atoms with Crippen molar-refractivity contribution in [1.82, 2.24) is 9.55 Å². The van der Waals surface area contributed by atoms with E-state index >= 15 is 0 Å². The van der Waals surface area contributed by atoms with Crippen molar-refractivity contribution in [2.75, 3.05) is 0 Å². The average Bonchev–Trinajstić information content (AvgIpc) is 3.51. The van der Waals surface area contributed by atoms with Gasteiger partial charge in [-0.25, -0.2) is 4.98 Å². The summed E-state index contributed by atoms with van der Waals surface area (Å²) in [5.74, 6) is 0.985. The van der Waals surface area contributed by atoms with Crippen molar-refractivity contribution < 1.29 is 0 Å². The maximum Gasteiger partial charge on any atom is 0.140 e. The van der Waals surface area contributed by atoms with Crippen molar-refractivity contribution in [3.8, 4) is 33.6 Å². The second-order valence-corrected chi connectivity index (χ2v) is 12.4. The predicted molar refractivity (Wildman–Crippen MR) is 182 cm³/mol. The van der Waals surface area contributed by atoms with Crippen LogP contribution in [0.4, 0.5) is 0 Å². The normalized spacial score (nSPS) is 13.7. The minimum atomic E-state index is -0.165. The van der Waals surface area contributed by atoms with Crippen molar-refractivity contribution in [3.63, 3.8) is 0 Å². The van der Waals surface area contributed by atoms with E-state index in [1.807, 2.05) is 0 Å². The molecule has 1 aliphatic carbocycles. The van der Waals surface area contributed by atoms with Gasteiger partial charge in [-0.05, 0) is 90.0 Å². The van der Waals surface area contributed by atoms with Crippen molar-refractivity contribution in [3.05, 3.63) is 139 Å². The lowest BCUT2D eigenvalue weighted by molar-refractivity contribution is 0.667. The molecule has 0 radical (unpaired) electrons. The zero-order valence-electron chi connectivity index (χ0n) is 24.5. The van der Waals surface area contributed by atoms with Crippen molar-refractivity contribution in [1.29, 1.82) is 0 Å². The van der Waals surface area contributed by atoms with Crippen LogP contribution in [0, 0.1) is 0 Å². The van der Waals surface area contributed by atoms with Gasteiger partial charge in [0.2, 0.25) is 0 Å². The van der Waals surface area contributed by atoms with Gasteiger partial charge in [-0.15, -0.1) is 0 Å². The summed E-state index contributed by atoms with van der Waals surface area (Å²) in [5, 5.41) is 7.94. The summed E-state index contributed by atoms with van der Waals surface area (Å²) in [5.41, 5.74) is 11.2. The fourth-order valence-electron chi connectivity index (χ4n) is 7.79. The van der Waals surface area contributed by atoms with Crippen LogP contribution in [-0.4, -0.2) is 9.55 Å². The highest BCUT2D eigenvalue weighted by Crippen LogP contribution is 2.57. The van der Waals surface area contributed by atoms with Crippen LogP contribution in [0.2, 0.25) is 0 Å². The number of nitrogens with zero attached hydrogens (tertiary/aromatic N) is 2. The van der Waals surface area contributed by atoms with Gasteiger partial charge >= 0.3 is 0 Å². The smallest absolute Gasteiger partial charge is 0.140 e. The molecule has 9 rings (SSSR count). The molecule has 2 heteroatoms. The number of fused-ring (bicyclic) bond motifs is 11. The predicted octanol–water partition coefficient (Wildman–Crippen LogP) is 10.7. The first-order valence-electron chi connectivity index (χ1n) is 15.0. The van der Waals surface area contributed by atoms with Gasteiger partial charge in [0.1, 0.15) is 5.82 Å². The van der Waals surface area contributed by atoms with E-state index in [1.165, 1.54) is 65.7 Å². The molecule has 43 heavy (non-hydrogen) atoms. The largest absolute Gasteiger partial charge is 0.327 e. The number of aryl methyl sites for hydroxylation is 1. The van der Waals surface area contributed by atoms with Gasteiger partial charge in [-0.3, -0.25) is 0 Å². The van der Waals surface area contributed by atoms with Gasteiger partial charge < -0.3 is 4.57 Å². The zero-order chi connectivity index (χ0) is 28.9. The second-order valence-electron chi connectivity index (χ2n) is 12.4. The second kappa shape index (κ2) is 8.65. The molecule has 1 aliphatic rings. The van der Waals surface area contributed by atoms with E-state index in [2.05, 4.69) is 153 Å². The first kappa shape index (κ1) is 24.4. The van der Waals surface area contributed by atoms with E-state index in [1.54, 1.807) is 0 Å². The van der Waals surface area contributed by atoms with Crippen LogP contribution in [0.15, 0.2) is 127 Å². The summed E-state index contributed by atoms with van der Waals surface area (Å²) in [6.07, 6.45) is 0. The number of imidazole rings is 1. The van der Waals surface area contributed by atoms with Crippen molar-refractivity contribution in [2.45, 2.75) is 19.3 Å². The van der Waals surface area contributed by atoms with Gasteiger partial charge in [0.25, 0.3) is 0 Å². The van der Waals surface area contributed by atoms with Gasteiger partial charge in [0.05, 0.1) is 11.0 Å². The topological polar surface area (TPSA) is 17.8 Å². The molecule has 0 aliphatic heterocycles. The van der Waals surface area contributed by atoms with E-state index in [0.717, 1.165) is 22.4 Å². The first-order chi connectivity index (χ1) is 21.0. The average molecular weight is 551 g/mol. The Morgan fingerprint density at radius 2 is 1.12 bits per heavy atom. The fourth-order valence-corrected chi connectivity index (χ4v) is 7.79. The Kier molecular flexibility index (Phi) is 4.91. The first-order valence-corrected chi connectivity index (χ1v) is 15.0. The number of rotatable bonds is 2. The lowest BCUT2D eigenvalue weighted by Crippen LogP contribution is -2.16. The molecule has 0 fully saturated rings. The van der Waals surface area contributed by atoms with Crippen LogP contribution in [0.5, 0.6) is 0 Å². The maximum atomic E-state index is 5.01. The fraction of sp³-hybridized carbons (Fsp3) is 0.0976. The molecular weight excluding hydrogens is 520 g/mol. The van der Waals surface area contributed by atoms with Gasteiger partial charge in [-0.1, -0.05) is 117 Å². The molecule has 1 aromatic heterocycles. The SMILES string of the molecule is Cn1c(-c2cccc(-c3cc4c(c5ccccc35)-c3c(c5ccccc5c5ccccc35)C4(C)C)c2)nc2ccccc21. The minimum absolute atomic E-state index is 0.165. The van der Waals surface area contributed by atoms with Crippen LogP contribution in [0.25, 0.3) is 77.0 Å². The number of hydrogen-bond donors (Lipinski definition) is 0. The Bertz CT molecular complexity index is 2440. The molecule has 7 aromatic carbocycles. The van der Waals surface area contributed by atoms with Crippen LogP contribution in [0.3, 0.4) is 0 Å². The Labute approximate surface area is 250 Å². The van der Waals surface area contributed by atoms with E-state index in [4.69, 9.17) is 4.98 Å². The van der Waals surface area contributed by atoms with Gasteiger partial charge in [-0.2, -0.15) is 0 Å². The number of para-hydroxylation sites is 2. The van der Waals surface area contributed by atoms with E-state index in [0.29, 0.717) is 0 Å². The molecule has 0 amide bonds. The molecule has 0 bridgehead atoms. The highest BCUT2D eigenvalue weighted by molar-refractivity contribution is 6.22. The maximum absolute atomic E-state index is 5.01. The number of hydrogen-bond acceptors (Lipinski definition) is 1. The van der Waals surface area contributed by atoms with Crippen LogP contribution in [-0.2, 0) is 12.5 Å². The third-order valence-electron chi connectivity index (χ3n) is 9.74. The zero-order valence-corrected chi connectivity index (χ0v) is 24.5. The van der Waals surface area contributed by atoms with E-state index in [-0.39, 0.29) is 5.41 Å². The molecule has 2 nitrogen and oxygen atoms in total. The van der Waals surface area contributed by atoms with E-state index < -0.39 is 0 Å². The van der Waals surface area contributed by atoms with Gasteiger partial charge in [0, 0.05) is 18.0 Å². The summed E-state index contributed by atoms with van der Waals surface area (Å²) in [6.45, 7) is 4.82. The lowest BCUT2D eigenvalue weighted by atomic mass is 9.78. The summed E-state index contributed by atoms with van der Waals surface area (Å²) in [4.78, 5) is 5.01. The third-order valence-corrected chi connectivity index (χ3v) is 9.74. The van der Waals surface area contributed by atoms with Crippen LogP contribution >= 0.6 is 0 Å². The number of benzene rings is 7. The molecule has 0 atom stereocenters. The highest BCUT2D eigenvalue weighted by Gasteiger charge is 2.40. The molecule has 0 N–H and O–H groups in total.